The second kappa shape index (κ2) is 13.9. The van der Waals surface area contributed by atoms with Crippen LogP contribution in [0, 0.1) is 0 Å². The van der Waals surface area contributed by atoms with Crippen molar-refractivity contribution in [2.24, 2.45) is 0 Å². The molecule has 39 heavy (non-hydrogen) atoms. The molecule has 1 aliphatic heterocycles. The molecule has 0 aliphatic carbocycles. The van der Waals surface area contributed by atoms with Gasteiger partial charge in [0.2, 0.25) is 5.76 Å². The van der Waals surface area contributed by atoms with E-state index in [9.17, 15) is 37.1 Å². The van der Waals surface area contributed by atoms with E-state index in [-0.39, 0.29) is 0 Å². The summed E-state index contributed by atoms with van der Waals surface area (Å²) in [7, 11) is 1.03. The lowest BCUT2D eigenvalue weighted by molar-refractivity contribution is -0.190. The number of nitrogens with one attached hydrogen (secondary N) is 1. The first-order valence-corrected chi connectivity index (χ1v) is 12.1. The molecule has 1 amide bonds. The Labute approximate surface area is 225 Å². The molecular formula is C24H26F3NO10S. The van der Waals surface area contributed by atoms with E-state index in [1.807, 2.05) is 5.32 Å². The standard InChI is InChI=1S/C24H26F3NO10S/c1-12(29)35-11-17(36-13(2)30)20(37-14(3)31)21-19(28-23(33)24(25,26)27)18(10-16(38-21)22(32)34-4)39-15-8-6-5-7-9-15/h5-10,17-21H,11H2,1-4H3,(H,28,33)/t17-,18-,19-,20-,21-/m1/s1. The first kappa shape index (κ1) is 31.5. The first-order valence-electron chi connectivity index (χ1n) is 11.3. The van der Waals surface area contributed by atoms with Crippen molar-refractivity contribution in [1.29, 1.82) is 0 Å². The molecule has 1 aliphatic rings. The van der Waals surface area contributed by atoms with E-state index in [4.69, 9.17) is 23.7 Å². The number of rotatable bonds is 10. The number of methoxy groups -OCH3 is 1. The van der Waals surface area contributed by atoms with Crippen LogP contribution in [0.4, 0.5) is 13.2 Å². The van der Waals surface area contributed by atoms with Gasteiger partial charge in [0.25, 0.3) is 0 Å². The van der Waals surface area contributed by atoms with Crippen molar-refractivity contribution in [3.63, 3.8) is 0 Å². The van der Waals surface area contributed by atoms with Crippen molar-refractivity contribution < 1.29 is 60.8 Å². The smallest absolute Gasteiger partial charge is 0.471 e. The molecule has 0 fully saturated rings. The van der Waals surface area contributed by atoms with E-state index in [0.29, 0.717) is 4.90 Å². The summed E-state index contributed by atoms with van der Waals surface area (Å²) in [4.78, 5) is 60.4. The summed E-state index contributed by atoms with van der Waals surface area (Å²) in [5.74, 6) is -6.56. The van der Waals surface area contributed by atoms with Gasteiger partial charge >= 0.3 is 36.0 Å². The van der Waals surface area contributed by atoms with E-state index in [0.717, 1.165) is 45.7 Å². The summed E-state index contributed by atoms with van der Waals surface area (Å²) < 4.78 is 65.7. The van der Waals surface area contributed by atoms with Crippen LogP contribution in [0.25, 0.3) is 0 Å². The summed E-state index contributed by atoms with van der Waals surface area (Å²) in [6.07, 6.45) is -9.30. The Morgan fingerprint density at radius 2 is 1.62 bits per heavy atom. The Hall–Kier alpha value is -3.75. The zero-order chi connectivity index (χ0) is 29.3. The van der Waals surface area contributed by atoms with E-state index >= 15 is 0 Å². The number of esters is 4. The Kier molecular flexibility index (Phi) is 11.2. The molecule has 5 atom stereocenters. The van der Waals surface area contributed by atoms with Crippen LogP contribution in [-0.4, -0.2) is 79.3 Å². The molecule has 15 heteroatoms. The van der Waals surface area contributed by atoms with Crippen molar-refractivity contribution in [1.82, 2.24) is 5.32 Å². The minimum absolute atomic E-state index is 0.473. The van der Waals surface area contributed by atoms with Crippen molar-refractivity contribution in [2.75, 3.05) is 13.7 Å². The van der Waals surface area contributed by atoms with Crippen LogP contribution in [0.5, 0.6) is 0 Å². The predicted octanol–water partition coefficient (Wildman–Crippen LogP) is 2.08. The third-order valence-corrected chi connectivity index (χ3v) is 6.25. The number of hydrogen-bond acceptors (Lipinski definition) is 11. The van der Waals surface area contributed by atoms with Crippen LogP contribution in [0.1, 0.15) is 20.8 Å². The van der Waals surface area contributed by atoms with E-state index in [2.05, 4.69) is 0 Å². The van der Waals surface area contributed by atoms with Gasteiger partial charge in [0.1, 0.15) is 6.61 Å². The maximum absolute atomic E-state index is 13.3. The van der Waals surface area contributed by atoms with Gasteiger partial charge in [-0.2, -0.15) is 13.2 Å². The molecule has 0 saturated carbocycles. The van der Waals surface area contributed by atoms with E-state index < -0.39 is 77.9 Å². The maximum atomic E-state index is 13.3. The van der Waals surface area contributed by atoms with Crippen LogP contribution >= 0.6 is 11.8 Å². The second-order valence-electron chi connectivity index (χ2n) is 8.02. The summed E-state index contributed by atoms with van der Waals surface area (Å²) >= 11 is 0.961. The van der Waals surface area contributed by atoms with Crippen molar-refractivity contribution in [3.8, 4) is 0 Å². The second-order valence-corrected chi connectivity index (χ2v) is 9.27. The minimum atomic E-state index is -5.32. The van der Waals surface area contributed by atoms with Crippen LogP contribution in [-0.2, 0) is 47.7 Å². The molecule has 2 rings (SSSR count). The molecule has 1 N–H and O–H groups in total. The van der Waals surface area contributed by atoms with Gasteiger partial charge in [0.05, 0.1) is 18.4 Å². The van der Waals surface area contributed by atoms with Crippen molar-refractivity contribution >= 4 is 41.5 Å². The van der Waals surface area contributed by atoms with Crippen LogP contribution in [0.15, 0.2) is 47.1 Å². The molecule has 0 unspecified atom stereocenters. The molecule has 0 saturated heterocycles. The molecule has 214 valence electrons. The SMILES string of the molecule is COC(=O)C1=C[C@@H](Sc2ccccc2)[C@@H](NC(=O)C(F)(F)F)[C@H]([C@H](OC(C)=O)[C@@H](COC(C)=O)OC(C)=O)O1. The van der Waals surface area contributed by atoms with Crippen molar-refractivity contribution in [3.05, 3.63) is 42.2 Å². The molecule has 1 heterocycles. The van der Waals surface area contributed by atoms with Gasteiger partial charge in [-0.3, -0.25) is 19.2 Å². The largest absolute Gasteiger partial charge is 0.477 e. The number of halogens is 3. The molecule has 0 radical (unpaired) electrons. The molecule has 1 aromatic rings. The summed E-state index contributed by atoms with van der Waals surface area (Å²) in [5, 5.41) is 0.709. The zero-order valence-corrected chi connectivity index (χ0v) is 22.0. The fourth-order valence-corrected chi connectivity index (χ4v) is 4.69. The van der Waals surface area contributed by atoms with Crippen LogP contribution in [0.2, 0.25) is 0 Å². The molecular weight excluding hydrogens is 551 g/mol. The van der Waals surface area contributed by atoms with Gasteiger partial charge in [-0.15, -0.1) is 11.8 Å². The highest BCUT2D eigenvalue weighted by molar-refractivity contribution is 8.00. The van der Waals surface area contributed by atoms with E-state index in [1.54, 1.807) is 30.3 Å². The zero-order valence-electron chi connectivity index (χ0n) is 21.2. The lowest BCUT2D eigenvalue weighted by Gasteiger charge is -2.41. The average Bonchev–Trinajstić information content (AvgIpc) is 2.85. The molecule has 0 aromatic heterocycles. The highest BCUT2D eigenvalue weighted by Gasteiger charge is 2.51. The third-order valence-electron chi connectivity index (χ3n) is 5.00. The van der Waals surface area contributed by atoms with Gasteiger partial charge in [0, 0.05) is 25.7 Å². The third kappa shape index (κ3) is 9.50. The van der Waals surface area contributed by atoms with Crippen molar-refractivity contribution in [2.45, 2.75) is 61.4 Å². The normalized spacial score (nSPS) is 20.3. The Bertz CT molecular complexity index is 1100. The monoisotopic (exact) mass is 577 g/mol. The summed E-state index contributed by atoms with van der Waals surface area (Å²) in [6.45, 7) is 2.30. The predicted molar refractivity (Wildman–Crippen MR) is 127 cm³/mol. The average molecular weight is 578 g/mol. The highest BCUT2D eigenvalue weighted by Crippen LogP contribution is 2.36. The molecule has 0 bridgehead atoms. The van der Waals surface area contributed by atoms with Crippen LogP contribution < -0.4 is 5.32 Å². The fraction of sp³-hybridized carbons (Fsp3) is 0.458. The quantitative estimate of drug-likeness (QED) is 0.322. The first-order chi connectivity index (χ1) is 18.2. The lowest BCUT2D eigenvalue weighted by atomic mass is 9.94. The van der Waals surface area contributed by atoms with Gasteiger partial charge < -0.3 is 29.0 Å². The Morgan fingerprint density at radius 1 is 1.00 bits per heavy atom. The van der Waals surface area contributed by atoms with Gasteiger partial charge in [-0.05, 0) is 18.2 Å². The number of benzene rings is 1. The Balaban J connectivity index is 2.68. The Morgan fingerprint density at radius 3 is 2.13 bits per heavy atom. The molecule has 11 nitrogen and oxygen atoms in total. The van der Waals surface area contributed by atoms with Gasteiger partial charge in [0.15, 0.2) is 18.3 Å². The van der Waals surface area contributed by atoms with Gasteiger partial charge in [-0.1, -0.05) is 18.2 Å². The lowest BCUT2D eigenvalue weighted by Crippen LogP contribution is -2.62. The minimum Gasteiger partial charge on any atom is -0.477 e. The topological polar surface area (TPSA) is 144 Å². The number of carbonyl (C=O) groups excluding carboxylic acids is 5. The number of amides is 1. The fourth-order valence-electron chi connectivity index (χ4n) is 3.50. The number of ether oxygens (including phenoxy) is 5. The van der Waals surface area contributed by atoms with Crippen LogP contribution in [0.3, 0.4) is 0 Å². The molecule has 0 spiro atoms. The molecule has 1 aromatic carbocycles. The van der Waals surface area contributed by atoms with E-state index in [1.165, 1.54) is 0 Å². The number of alkyl halides is 3. The van der Waals surface area contributed by atoms with Gasteiger partial charge in [-0.25, -0.2) is 4.79 Å². The number of thioether (sulfide) groups is 1. The summed E-state index contributed by atoms with van der Waals surface area (Å²) in [6, 6.07) is 6.66. The maximum Gasteiger partial charge on any atom is 0.471 e. The highest BCUT2D eigenvalue weighted by atomic mass is 32.2. The number of carbonyl (C=O) groups is 5. The number of hydrogen-bond donors (Lipinski definition) is 1. The summed E-state index contributed by atoms with van der Waals surface area (Å²) in [5.41, 5.74) is 0.